The van der Waals surface area contributed by atoms with Crippen molar-refractivity contribution >= 4 is 11.8 Å². The number of hydrogen-bond acceptors (Lipinski definition) is 3. The summed E-state index contributed by atoms with van der Waals surface area (Å²) in [7, 11) is 2.22. The summed E-state index contributed by atoms with van der Waals surface area (Å²) in [6.07, 6.45) is 10.9. The average molecular weight is 414 g/mol. The van der Waals surface area contributed by atoms with E-state index in [-0.39, 0.29) is 11.8 Å². The van der Waals surface area contributed by atoms with E-state index in [9.17, 15) is 9.59 Å². The van der Waals surface area contributed by atoms with Crippen molar-refractivity contribution in [3.63, 3.8) is 0 Å². The van der Waals surface area contributed by atoms with Gasteiger partial charge in [0, 0.05) is 38.2 Å². The number of amides is 2. The van der Waals surface area contributed by atoms with Gasteiger partial charge < -0.3 is 15.1 Å². The van der Waals surface area contributed by atoms with E-state index in [1.807, 2.05) is 17.0 Å². The lowest BCUT2D eigenvalue weighted by Crippen LogP contribution is -2.37. The number of nitrogens with zero attached hydrogens (tertiary/aromatic N) is 2. The van der Waals surface area contributed by atoms with Crippen molar-refractivity contribution in [2.24, 2.45) is 5.92 Å². The highest BCUT2D eigenvalue weighted by Crippen LogP contribution is 2.22. The van der Waals surface area contributed by atoms with E-state index >= 15 is 0 Å². The maximum atomic E-state index is 12.4. The lowest BCUT2D eigenvalue weighted by molar-refractivity contribution is -0.130. The van der Waals surface area contributed by atoms with Crippen molar-refractivity contribution < 1.29 is 9.59 Å². The first kappa shape index (κ1) is 22.8. The fourth-order valence-corrected chi connectivity index (χ4v) is 4.91. The SMILES string of the molecule is CC(=O)N1CCC(Cc2ccc(C(=O)NCCCN(C)C3CCCCC3)cc2)CC1. The number of carbonyl (C=O) groups excluding carboxylic acids is 2. The van der Waals surface area contributed by atoms with Crippen molar-refractivity contribution in [2.45, 2.75) is 70.8 Å². The van der Waals surface area contributed by atoms with Crippen LogP contribution in [-0.4, -0.2) is 60.9 Å². The molecule has 0 unspecified atom stereocenters. The Kier molecular flexibility index (Phi) is 8.74. The van der Waals surface area contributed by atoms with Crippen LogP contribution >= 0.6 is 0 Å². The second kappa shape index (κ2) is 11.5. The lowest BCUT2D eigenvalue weighted by atomic mass is 9.90. The van der Waals surface area contributed by atoms with Gasteiger partial charge in [0.05, 0.1) is 0 Å². The van der Waals surface area contributed by atoms with Crippen LogP contribution in [0.4, 0.5) is 0 Å². The van der Waals surface area contributed by atoms with Crippen LogP contribution in [0.3, 0.4) is 0 Å². The van der Waals surface area contributed by atoms with Crippen LogP contribution in [0.2, 0.25) is 0 Å². The molecule has 5 heteroatoms. The Morgan fingerprint density at radius 1 is 1.03 bits per heavy atom. The number of carbonyl (C=O) groups is 2. The van der Waals surface area contributed by atoms with Gasteiger partial charge in [-0.15, -0.1) is 0 Å². The maximum Gasteiger partial charge on any atom is 0.251 e. The second-order valence-corrected chi connectivity index (χ2v) is 9.23. The first-order valence-corrected chi connectivity index (χ1v) is 11.9. The summed E-state index contributed by atoms with van der Waals surface area (Å²) in [4.78, 5) is 28.3. The third kappa shape index (κ3) is 6.83. The van der Waals surface area contributed by atoms with Crippen LogP contribution < -0.4 is 5.32 Å². The molecular formula is C25H39N3O2. The number of piperidine rings is 1. The van der Waals surface area contributed by atoms with Crippen molar-refractivity contribution in [1.82, 2.24) is 15.1 Å². The molecule has 1 saturated heterocycles. The van der Waals surface area contributed by atoms with Gasteiger partial charge in [0.2, 0.25) is 5.91 Å². The standard InChI is InChI=1S/C25H39N3O2/c1-20(29)28-17-13-22(14-18-28)19-21-9-11-23(12-10-21)25(30)26-15-6-16-27(2)24-7-4-3-5-8-24/h9-12,22,24H,3-8,13-19H2,1-2H3,(H,26,30). The Hall–Kier alpha value is -1.88. The highest BCUT2D eigenvalue weighted by atomic mass is 16.2. The molecule has 30 heavy (non-hydrogen) atoms. The molecule has 1 aliphatic carbocycles. The highest BCUT2D eigenvalue weighted by molar-refractivity contribution is 5.94. The Labute approximate surface area is 182 Å². The molecule has 2 amide bonds. The van der Waals surface area contributed by atoms with Gasteiger partial charge in [-0.1, -0.05) is 31.4 Å². The topological polar surface area (TPSA) is 52.7 Å². The molecule has 1 aromatic rings. The summed E-state index contributed by atoms with van der Waals surface area (Å²) >= 11 is 0. The van der Waals surface area contributed by atoms with Crippen LogP contribution in [0.5, 0.6) is 0 Å². The minimum absolute atomic E-state index is 0.0247. The summed E-state index contributed by atoms with van der Waals surface area (Å²) in [5, 5.41) is 3.07. The highest BCUT2D eigenvalue weighted by Gasteiger charge is 2.21. The number of rotatable bonds is 8. The average Bonchev–Trinajstić information content (AvgIpc) is 2.78. The predicted octanol–water partition coefficient (Wildman–Crippen LogP) is 3.87. The minimum atomic E-state index is 0.0247. The Bertz CT molecular complexity index is 674. The normalized spacial score (nSPS) is 18.6. The third-order valence-electron chi connectivity index (χ3n) is 6.97. The Morgan fingerprint density at radius 3 is 2.33 bits per heavy atom. The molecule has 1 aliphatic heterocycles. The summed E-state index contributed by atoms with van der Waals surface area (Å²) in [6.45, 7) is 5.17. The van der Waals surface area contributed by atoms with Crippen molar-refractivity contribution in [3.05, 3.63) is 35.4 Å². The molecule has 0 aromatic heterocycles. The van der Waals surface area contributed by atoms with Crippen molar-refractivity contribution in [2.75, 3.05) is 33.2 Å². The fraction of sp³-hybridized carbons (Fsp3) is 0.680. The summed E-state index contributed by atoms with van der Waals surface area (Å²) in [6, 6.07) is 8.80. The van der Waals surface area contributed by atoms with E-state index in [2.05, 4.69) is 29.4 Å². The monoisotopic (exact) mass is 413 g/mol. The first-order chi connectivity index (χ1) is 14.5. The van der Waals surface area contributed by atoms with Gasteiger partial charge in [-0.25, -0.2) is 0 Å². The molecule has 2 aliphatic rings. The molecule has 1 aromatic carbocycles. The van der Waals surface area contributed by atoms with Gasteiger partial charge in [0.25, 0.3) is 5.91 Å². The summed E-state index contributed by atoms with van der Waals surface area (Å²) in [5.74, 6) is 0.836. The minimum Gasteiger partial charge on any atom is -0.352 e. The molecule has 1 N–H and O–H groups in total. The Balaban J connectivity index is 1.35. The number of nitrogens with one attached hydrogen (secondary N) is 1. The molecule has 1 saturated carbocycles. The Morgan fingerprint density at radius 2 is 1.70 bits per heavy atom. The van der Waals surface area contributed by atoms with Crippen molar-refractivity contribution in [3.8, 4) is 0 Å². The molecule has 0 bridgehead atoms. The largest absolute Gasteiger partial charge is 0.352 e. The molecule has 0 spiro atoms. The summed E-state index contributed by atoms with van der Waals surface area (Å²) < 4.78 is 0. The van der Waals surface area contributed by atoms with E-state index in [0.717, 1.165) is 63.5 Å². The number of benzene rings is 1. The zero-order valence-corrected chi connectivity index (χ0v) is 18.9. The van der Waals surface area contributed by atoms with Gasteiger partial charge in [0.1, 0.15) is 0 Å². The van der Waals surface area contributed by atoms with Gasteiger partial charge >= 0.3 is 0 Å². The van der Waals surface area contributed by atoms with Crippen LogP contribution in [0, 0.1) is 5.92 Å². The van der Waals surface area contributed by atoms with Crippen LogP contribution in [0.1, 0.15) is 74.2 Å². The zero-order valence-electron chi connectivity index (χ0n) is 18.9. The molecule has 166 valence electrons. The van der Waals surface area contributed by atoms with Crippen LogP contribution in [-0.2, 0) is 11.2 Å². The number of likely N-dealkylation sites (tertiary alicyclic amines) is 1. The third-order valence-corrected chi connectivity index (χ3v) is 6.97. The number of hydrogen-bond donors (Lipinski definition) is 1. The molecule has 5 nitrogen and oxygen atoms in total. The van der Waals surface area contributed by atoms with Gasteiger partial charge in [-0.2, -0.15) is 0 Å². The predicted molar refractivity (Wildman–Crippen MR) is 122 cm³/mol. The first-order valence-electron chi connectivity index (χ1n) is 11.9. The fourth-order valence-electron chi connectivity index (χ4n) is 4.91. The summed E-state index contributed by atoms with van der Waals surface area (Å²) in [5.41, 5.74) is 2.02. The molecule has 2 fully saturated rings. The van der Waals surface area contributed by atoms with E-state index in [1.165, 1.54) is 37.7 Å². The second-order valence-electron chi connectivity index (χ2n) is 9.23. The van der Waals surface area contributed by atoms with Crippen LogP contribution in [0.25, 0.3) is 0 Å². The molecule has 3 rings (SSSR count). The van der Waals surface area contributed by atoms with Gasteiger partial charge in [-0.05, 0) is 75.7 Å². The molecule has 0 radical (unpaired) electrons. The van der Waals surface area contributed by atoms with Crippen LogP contribution in [0.15, 0.2) is 24.3 Å². The quantitative estimate of drug-likeness (QED) is 0.658. The smallest absolute Gasteiger partial charge is 0.251 e. The van der Waals surface area contributed by atoms with Gasteiger partial charge in [-0.3, -0.25) is 9.59 Å². The van der Waals surface area contributed by atoms with E-state index in [1.54, 1.807) is 6.92 Å². The molecule has 1 heterocycles. The molecule has 0 atom stereocenters. The van der Waals surface area contributed by atoms with E-state index in [0.29, 0.717) is 5.92 Å². The van der Waals surface area contributed by atoms with Gasteiger partial charge in [0.15, 0.2) is 0 Å². The maximum absolute atomic E-state index is 12.4. The van der Waals surface area contributed by atoms with Crippen molar-refractivity contribution in [1.29, 1.82) is 0 Å². The molecular weight excluding hydrogens is 374 g/mol. The van der Waals surface area contributed by atoms with E-state index < -0.39 is 0 Å². The zero-order chi connectivity index (χ0) is 21.3. The van der Waals surface area contributed by atoms with E-state index in [4.69, 9.17) is 0 Å². The lowest BCUT2D eigenvalue weighted by Gasteiger charge is -2.31.